The van der Waals surface area contributed by atoms with E-state index in [1.807, 2.05) is 30.3 Å². The topological polar surface area (TPSA) is 106 Å². The molecule has 7 heteroatoms. The van der Waals surface area contributed by atoms with Crippen LogP contribution in [0.1, 0.15) is 113 Å². The van der Waals surface area contributed by atoms with Gasteiger partial charge in [0.1, 0.15) is 6.61 Å². The number of carbonyl (C=O) groups is 2. The number of rotatable bonds is 7. The van der Waals surface area contributed by atoms with Crippen LogP contribution in [0.15, 0.2) is 76.1 Å². The summed E-state index contributed by atoms with van der Waals surface area (Å²) in [7, 11) is 0. The number of carbonyl (C=O) groups excluding carboxylic acids is 2. The highest BCUT2D eigenvalue weighted by Gasteiger charge is 2.67. The third kappa shape index (κ3) is 5.30. The lowest BCUT2D eigenvalue weighted by molar-refractivity contribution is -0.202. The van der Waals surface area contributed by atoms with Crippen molar-refractivity contribution in [2.24, 2.45) is 28.6 Å². The standard InChI is InChI=1S/C42H49NO6/c1-40-20-17-28(43-37(44)14-16-39(46)49-25-33-31-9-5-3-7-29(31)30-8-4-6-10-32(30)33)23-27(40)12-13-36-35(40)18-21-41(2)34(19-22-42(36,41)47)26-11-15-38(45)48-24-26/h3-11,15,24,27-28,33-36,47H,12-14,16-23,25H2,1-2H3,(H,43,44)/t27-,28-,34-,35+,36-,40+,41-,42+/m1/s1. The van der Waals surface area contributed by atoms with Crippen molar-refractivity contribution in [1.82, 2.24) is 5.32 Å². The van der Waals surface area contributed by atoms with Gasteiger partial charge in [0.15, 0.2) is 0 Å². The normalized spacial score (nSPS) is 34.6. The summed E-state index contributed by atoms with van der Waals surface area (Å²) in [5.41, 5.74) is 4.62. The van der Waals surface area contributed by atoms with Crippen LogP contribution in [0.2, 0.25) is 0 Å². The third-order valence-corrected chi connectivity index (χ3v) is 14.3. The predicted molar refractivity (Wildman–Crippen MR) is 187 cm³/mol. The average molecular weight is 664 g/mol. The minimum absolute atomic E-state index is 0.0125. The van der Waals surface area contributed by atoms with Gasteiger partial charge in [0.05, 0.1) is 18.3 Å². The molecule has 49 heavy (non-hydrogen) atoms. The number of fused-ring (bicyclic) bond motifs is 8. The van der Waals surface area contributed by atoms with E-state index in [2.05, 4.69) is 43.4 Å². The first-order valence-corrected chi connectivity index (χ1v) is 18.5. The summed E-state index contributed by atoms with van der Waals surface area (Å²) in [4.78, 5) is 37.5. The minimum Gasteiger partial charge on any atom is -0.465 e. The first kappa shape index (κ1) is 32.5. The Bertz CT molecular complexity index is 1750. The van der Waals surface area contributed by atoms with Gasteiger partial charge in [-0.2, -0.15) is 0 Å². The Labute approximate surface area is 288 Å². The lowest BCUT2D eigenvalue weighted by Gasteiger charge is -2.63. The summed E-state index contributed by atoms with van der Waals surface area (Å²) in [6, 6.07) is 20.1. The molecule has 4 fully saturated rings. The number of aliphatic hydroxyl groups is 1. The Kier molecular flexibility index (Phi) is 8.13. The molecule has 258 valence electrons. The van der Waals surface area contributed by atoms with Crippen molar-refractivity contribution in [2.45, 2.75) is 108 Å². The van der Waals surface area contributed by atoms with Gasteiger partial charge in [-0.3, -0.25) is 9.59 Å². The molecule has 0 spiro atoms. The van der Waals surface area contributed by atoms with Crippen LogP contribution in [0, 0.1) is 28.6 Å². The molecular weight excluding hydrogens is 614 g/mol. The van der Waals surface area contributed by atoms with Gasteiger partial charge in [0.25, 0.3) is 0 Å². The van der Waals surface area contributed by atoms with Gasteiger partial charge in [-0.1, -0.05) is 62.4 Å². The Morgan fingerprint density at radius 2 is 1.59 bits per heavy atom. The summed E-state index contributed by atoms with van der Waals surface area (Å²) in [5, 5.41) is 15.8. The third-order valence-electron chi connectivity index (χ3n) is 14.3. The lowest BCUT2D eigenvalue weighted by atomic mass is 9.43. The molecule has 1 aromatic heterocycles. The second kappa shape index (κ2) is 12.3. The summed E-state index contributed by atoms with van der Waals surface area (Å²) in [6.07, 6.45) is 10.6. The average Bonchev–Trinajstić information content (AvgIpc) is 3.58. The van der Waals surface area contributed by atoms with Crippen molar-refractivity contribution in [3.63, 3.8) is 0 Å². The van der Waals surface area contributed by atoms with Crippen molar-refractivity contribution in [1.29, 1.82) is 0 Å². The van der Waals surface area contributed by atoms with Gasteiger partial charge >= 0.3 is 11.6 Å². The minimum atomic E-state index is -0.727. The largest absolute Gasteiger partial charge is 0.465 e. The van der Waals surface area contributed by atoms with Crippen LogP contribution in [0.5, 0.6) is 0 Å². The van der Waals surface area contributed by atoms with Crippen LogP contribution in [0.3, 0.4) is 0 Å². The van der Waals surface area contributed by atoms with E-state index < -0.39 is 5.60 Å². The molecule has 0 radical (unpaired) electrons. The van der Waals surface area contributed by atoms with E-state index in [0.29, 0.717) is 11.8 Å². The summed E-state index contributed by atoms with van der Waals surface area (Å²) >= 11 is 0. The predicted octanol–water partition coefficient (Wildman–Crippen LogP) is 7.50. The molecule has 0 saturated heterocycles. The molecule has 7 nitrogen and oxygen atoms in total. The highest BCUT2D eigenvalue weighted by molar-refractivity contribution is 5.82. The SMILES string of the molecule is C[C@]12CC[C@@H](NC(=O)CCC(=O)OCC3c4ccccc4-c4ccccc43)C[C@H]1CC[C@@H]1[C@@H]2CC[C@]2(C)[C@@H](c3ccc(=O)oc3)CC[C@]12O. The molecule has 5 aliphatic rings. The van der Waals surface area contributed by atoms with Gasteiger partial charge in [-0.25, -0.2) is 4.79 Å². The molecule has 5 aliphatic carbocycles. The molecular formula is C42H49NO6. The Morgan fingerprint density at radius 1 is 0.857 bits per heavy atom. The van der Waals surface area contributed by atoms with Crippen molar-refractivity contribution < 1.29 is 23.8 Å². The molecule has 0 bridgehead atoms. The second-order valence-electron chi connectivity index (χ2n) is 16.3. The van der Waals surface area contributed by atoms with Crippen LogP contribution >= 0.6 is 0 Å². The Morgan fingerprint density at radius 3 is 2.31 bits per heavy atom. The van der Waals surface area contributed by atoms with E-state index >= 15 is 0 Å². The number of amides is 1. The van der Waals surface area contributed by atoms with E-state index in [0.717, 1.165) is 63.4 Å². The zero-order chi connectivity index (χ0) is 34.0. The number of esters is 1. The van der Waals surface area contributed by atoms with Gasteiger partial charge in [0, 0.05) is 29.9 Å². The second-order valence-corrected chi connectivity index (χ2v) is 16.3. The number of ether oxygens (including phenoxy) is 1. The van der Waals surface area contributed by atoms with Gasteiger partial charge in [0.2, 0.25) is 5.91 Å². The van der Waals surface area contributed by atoms with E-state index in [1.54, 1.807) is 6.26 Å². The zero-order valence-corrected chi connectivity index (χ0v) is 28.8. The van der Waals surface area contributed by atoms with Crippen LogP contribution in [-0.2, 0) is 14.3 Å². The smallest absolute Gasteiger partial charge is 0.335 e. The molecule has 0 unspecified atom stereocenters. The molecule has 1 amide bonds. The number of nitrogens with one attached hydrogen (secondary N) is 1. The number of hydrogen-bond acceptors (Lipinski definition) is 6. The summed E-state index contributed by atoms with van der Waals surface area (Å²) < 4.78 is 11.0. The molecule has 1 heterocycles. The highest BCUT2D eigenvalue weighted by Crippen LogP contribution is 2.70. The van der Waals surface area contributed by atoms with Crippen molar-refractivity contribution in [2.75, 3.05) is 6.61 Å². The van der Waals surface area contributed by atoms with Gasteiger partial charge in [-0.15, -0.1) is 0 Å². The molecule has 3 aromatic rings. The van der Waals surface area contributed by atoms with Crippen LogP contribution in [0.4, 0.5) is 0 Å². The first-order valence-electron chi connectivity index (χ1n) is 18.5. The molecule has 8 rings (SSSR count). The molecule has 2 N–H and O–H groups in total. The van der Waals surface area contributed by atoms with E-state index in [1.165, 1.54) is 28.3 Å². The monoisotopic (exact) mass is 663 g/mol. The maximum Gasteiger partial charge on any atom is 0.335 e. The van der Waals surface area contributed by atoms with E-state index in [4.69, 9.17) is 9.15 Å². The van der Waals surface area contributed by atoms with Gasteiger partial charge in [-0.05, 0) is 121 Å². The van der Waals surface area contributed by atoms with Crippen molar-refractivity contribution in [3.8, 4) is 11.1 Å². The highest BCUT2D eigenvalue weighted by atomic mass is 16.5. The number of benzene rings is 2. The van der Waals surface area contributed by atoms with Crippen LogP contribution in [-0.4, -0.2) is 35.2 Å². The van der Waals surface area contributed by atoms with E-state index in [-0.39, 0.29) is 71.6 Å². The Balaban J connectivity index is 0.846. The lowest BCUT2D eigenvalue weighted by Crippen LogP contribution is -2.62. The summed E-state index contributed by atoms with van der Waals surface area (Å²) in [5.74, 6) is 1.01. The molecule has 8 atom stereocenters. The van der Waals surface area contributed by atoms with Crippen molar-refractivity contribution in [3.05, 3.63) is 94.0 Å². The van der Waals surface area contributed by atoms with Gasteiger partial charge < -0.3 is 19.6 Å². The fourth-order valence-corrected chi connectivity index (χ4v) is 11.7. The fraction of sp³-hybridized carbons (Fsp3) is 0.548. The van der Waals surface area contributed by atoms with Crippen LogP contribution in [0.25, 0.3) is 11.1 Å². The summed E-state index contributed by atoms with van der Waals surface area (Å²) in [6.45, 7) is 5.00. The molecule has 0 aliphatic heterocycles. The maximum absolute atomic E-state index is 13.1. The Hall–Kier alpha value is -3.71. The fourth-order valence-electron chi connectivity index (χ4n) is 11.7. The van der Waals surface area contributed by atoms with Crippen molar-refractivity contribution >= 4 is 11.9 Å². The molecule has 2 aromatic carbocycles. The quantitative estimate of drug-likeness (QED) is 0.254. The zero-order valence-electron chi connectivity index (χ0n) is 28.8. The maximum atomic E-state index is 13.1. The first-order chi connectivity index (χ1) is 23.6. The number of hydrogen-bond donors (Lipinski definition) is 2. The van der Waals surface area contributed by atoms with E-state index in [9.17, 15) is 19.5 Å². The van der Waals surface area contributed by atoms with Crippen LogP contribution < -0.4 is 10.9 Å². The molecule has 4 saturated carbocycles.